The summed E-state index contributed by atoms with van der Waals surface area (Å²) in [5.41, 5.74) is 0. The summed E-state index contributed by atoms with van der Waals surface area (Å²) < 4.78 is 0.690. The van der Waals surface area contributed by atoms with Crippen molar-refractivity contribution < 1.29 is 4.79 Å². The van der Waals surface area contributed by atoms with Crippen molar-refractivity contribution in [3.63, 3.8) is 0 Å². The topological polar surface area (TPSA) is 32.3 Å². The van der Waals surface area contributed by atoms with E-state index in [2.05, 4.69) is 10.2 Å². The molecule has 0 aromatic carbocycles. The smallest absolute Gasteiger partial charge is 0.172 e. The molecular formula is C12H17ClN2OS. The lowest BCUT2D eigenvalue weighted by atomic mass is 10.2. The van der Waals surface area contributed by atoms with Gasteiger partial charge in [0, 0.05) is 32.6 Å². The number of hydrogen-bond donors (Lipinski definition) is 1. The number of rotatable bonds is 5. The summed E-state index contributed by atoms with van der Waals surface area (Å²) in [6.07, 6.45) is 1.56. The van der Waals surface area contributed by atoms with Crippen LogP contribution in [0.25, 0.3) is 0 Å². The number of carbonyl (C=O) groups is 1. The van der Waals surface area contributed by atoms with Gasteiger partial charge in [-0.05, 0) is 25.1 Å². The highest BCUT2D eigenvalue weighted by Gasteiger charge is 2.12. The Bertz CT molecular complexity index is 374. The molecule has 94 valence electrons. The third kappa shape index (κ3) is 4.07. The monoisotopic (exact) mass is 272 g/mol. The van der Waals surface area contributed by atoms with Crippen molar-refractivity contribution in [2.45, 2.75) is 12.8 Å². The van der Waals surface area contributed by atoms with Gasteiger partial charge in [-0.3, -0.25) is 4.79 Å². The van der Waals surface area contributed by atoms with Gasteiger partial charge in [-0.15, -0.1) is 11.3 Å². The van der Waals surface area contributed by atoms with Gasteiger partial charge in [-0.25, -0.2) is 0 Å². The van der Waals surface area contributed by atoms with Crippen LogP contribution in [0.1, 0.15) is 22.5 Å². The van der Waals surface area contributed by atoms with E-state index in [4.69, 9.17) is 11.6 Å². The highest BCUT2D eigenvalue weighted by Crippen LogP contribution is 2.22. The molecule has 0 bridgehead atoms. The first-order valence-electron chi connectivity index (χ1n) is 5.97. The highest BCUT2D eigenvalue weighted by molar-refractivity contribution is 7.18. The van der Waals surface area contributed by atoms with E-state index in [9.17, 15) is 4.79 Å². The number of ketones is 1. The number of halogens is 1. The summed E-state index contributed by atoms with van der Waals surface area (Å²) >= 11 is 7.19. The van der Waals surface area contributed by atoms with Gasteiger partial charge in [0.1, 0.15) is 0 Å². The highest BCUT2D eigenvalue weighted by atomic mass is 35.5. The number of carbonyl (C=O) groups excluding carboxylic acids is 1. The van der Waals surface area contributed by atoms with E-state index < -0.39 is 0 Å². The minimum atomic E-state index is 0.219. The van der Waals surface area contributed by atoms with Gasteiger partial charge in [0.15, 0.2) is 5.78 Å². The van der Waals surface area contributed by atoms with Crippen molar-refractivity contribution in [1.29, 1.82) is 0 Å². The summed E-state index contributed by atoms with van der Waals surface area (Å²) in [7, 11) is 0. The predicted molar refractivity (Wildman–Crippen MR) is 72.2 cm³/mol. The summed E-state index contributed by atoms with van der Waals surface area (Å²) in [5, 5.41) is 3.32. The molecule has 1 aliphatic rings. The van der Waals surface area contributed by atoms with Crippen molar-refractivity contribution >= 4 is 28.7 Å². The molecule has 0 spiro atoms. The van der Waals surface area contributed by atoms with Crippen LogP contribution in [0.4, 0.5) is 0 Å². The summed E-state index contributed by atoms with van der Waals surface area (Å²) in [5.74, 6) is 0.219. The average molecular weight is 273 g/mol. The Labute approximate surface area is 111 Å². The van der Waals surface area contributed by atoms with Crippen LogP contribution in [0.5, 0.6) is 0 Å². The van der Waals surface area contributed by atoms with E-state index in [0.29, 0.717) is 10.8 Å². The molecule has 0 radical (unpaired) electrons. The SMILES string of the molecule is O=C(CCCN1CCNCC1)c1ccc(Cl)s1. The van der Waals surface area contributed by atoms with Crippen LogP contribution >= 0.6 is 22.9 Å². The third-order valence-corrected chi connectivity index (χ3v) is 4.21. The fourth-order valence-electron chi connectivity index (χ4n) is 1.99. The Morgan fingerprint density at radius 2 is 2.18 bits per heavy atom. The predicted octanol–water partition coefficient (Wildman–Crippen LogP) is 2.27. The van der Waals surface area contributed by atoms with Crippen molar-refractivity contribution in [2.75, 3.05) is 32.7 Å². The zero-order chi connectivity index (χ0) is 12.1. The quantitative estimate of drug-likeness (QED) is 0.835. The molecular weight excluding hydrogens is 256 g/mol. The maximum atomic E-state index is 11.8. The van der Waals surface area contributed by atoms with Crippen molar-refractivity contribution in [1.82, 2.24) is 10.2 Å². The van der Waals surface area contributed by atoms with Crippen LogP contribution < -0.4 is 5.32 Å². The Morgan fingerprint density at radius 3 is 2.82 bits per heavy atom. The maximum Gasteiger partial charge on any atom is 0.172 e. The number of Topliss-reactive ketones (excluding diaryl/α,β-unsaturated/α-hetero) is 1. The molecule has 1 aliphatic heterocycles. The molecule has 2 heterocycles. The molecule has 0 atom stereocenters. The Kier molecular flexibility index (Phi) is 4.98. The molecule has 2 rings (SSSR count). The second kappa shape index (κ2) is 6.50. The normalized spacial score (nSPS) is 17.2. The summed E-state index contributed by atoms with van der Waals surface area (Å²) in [6, 6.07) is 3.61. The molecule has 0 aliphatic carbocycles. The first-order chi connectivity index (χ1) is 8.25. The molecule has 1 saturated heterocycles. The van der Waals surface area contributed by atoms with Gasteiger partial charge in [0.25, 0.3) is 0 Å². The van der Waals surface area contributed by atoms with Gasteiger partial charge in [0.05, 0.1) is 9.21 Å². The molecule has 1 aromatic rings. The Balaban J connectivity index is 1.69. The van der Waals surface area contributed by atoms with Crippen LogP contribution in [-0.2, 0) is 0 Å². The lowest BCUT2D eigenvalue weighted by Gasteiger charge is -2.26. The molecule has 1 fully saturated rings. The number of nitrogens with zero attached hydrogens (tertiary/aromatic N) is 1. The van der Waals surface area contributed by atoms with Gasteiger partial charge < -0.3 is 10.2 Å². The standard InChI is InChI=1S/C12H17ClN2OS/c13-12-4-3-11(17-12)10(16)2-1-7-15-8-5-14-6-9-15/h3-4,14H,1-2,5-9H2. The molecule has 1 N–H and O–H groups in total. The average Bonchev–Trinajstić information content (AvgIpc) is 2.77. The second-order valence-corrected chi connectivity index (χ2v) is 5.94. The van der Waals surface area contributed by atoms with E-state index in [0.717, 1.165) is 44.0 Å². The third-order valence-electron chi connectivity index (χ3n) is 2.94. The zero-order valence-corrected chi connectivity index (χ0v) is 11.3. The summed E-state index contributed by atoms with van der Waals surface area (Å²) in [4.78, 5) is 15.0. The van der Waals surface area contributed by atoms with Crippen LogP contribution in [0.15, 0.2) is 12.1 Å². The number of hydrogen-bond acceptors (Lipinski definition) is 4. The van der Waals surface area contributed by atoms with Crippen LogP contribution in [0.2, 0.25) is 4.34 Å². The first-order valence-corrected chi connectivity index (χ1v) is 7.17. The fraction of sp³-hybridized carbons (Fsp3) is 0.583. The van der Waals surface area contributed by atoms with Gasteiger partial charge >= 0.3 is 0 Å². The lowest BCUT2D eigenvalue weighted by molar-refractivity contribution is 0.0977. The van der Waals surface area contributed by atoms with Crippen LogP contribution in [-0.4, -0.2) is 43.4 Å². The molecule has 0 saturated carbocycles. The molecule has 0 unspecified atom stereocenters. The van der Waals surface area contributed by atoms with Crippen LogP contribution in [0.3, 0.4) is 0 Å². The minimum absolute atomic E-state index is 0.219. The molecule has 5 heteroatoms. The first kappa shape index (κ1) is 13.0. The second-order valence-electron chi connectivity index (χ2n) is 4.22. The molecule has 0 amide bonds. The fourth-order valence-corrected chi connectivity index (χ4v) is 3.00. The van der Waals surface area contributed by atoms with E-state index in [1.54, 1.807) is 6.07 Å². The number of nitrogens with one attached hydrogen (secondary N) is 1. The van der Waals surface area contributed by atoms with Gasteiger partial charge in [-0.2, -0.15) is 0 Å². The van der Waals surface area contributed by atoms with E-state index in [1.807, 2.05) is 6.07 Å². The van der Waals surface area contributed by atoms with E-state index in [1.165, 1.54) is 11.3 Å². The molecule has 17 heavy (non-hydrogen) atoms. The molecule has 1 aromatic heterocycles. The minimum Gasteiger partial charge on any atom is -0.314 e. The van der Waals surface area contributed by atoms with Crippen molar-refractivity contribution in [2.24, 2.45) is 0 Å². The zero-order valence-electron chi connectivity index (χ0n) is 9.75. The number of piperazine rings is 1. The van der Waals surface area contributed by atoms with E-state index >= 15 is 0 Å². The number of thiophene rings is 1. The molecule has 3 nitrogen and oxygen atoms in total. The van der Waals surface area contributed by atoms with Crippen molar-refractivity contribution in [3.8, 4) is 0 Å². The maximum absolute atomic E-state index is 11.8. The summed E-state index contributed by atoms with van der Waals surface area (Å²) in [6.45, 7) is 5.34. The Morgan fingerprint density at radius 1 is 1.41 bits per heavy atom. The van der Waals surface area contributed by atoms with E-state index in [-0.39, 0.29) is 5.78 Å². The van der Waals surface area contributed by atoms with Gasteiger partial charge in [-0.1, -0.05) is 11.6 Å². The Hall–Kier alpha value is -0.420. The van der Waals surface area contributed by atoms with Crippen LogP contribution in [0, 0.1) is 0 Å². The van der Waals surface area contributed by atoms with Gasteiger partial charge in [0.2, 0.25) is 0 Å². The largest absolute Gasteiger partial charge is 0.314 e. The van der Waals surface area contributed by atoms with Crippen molar-refractivity contribution in [3.05, 3.63) is 21.3 Å². The lowest BCUT2D eigenvalue weighted by Crippen LogP contribution is -2.43.